The lowest BCUT2D eigenvalue weighted by molar-refractivity contribution is 0.0278. The van der Waals surface area contributed by atoms with Gasteiger partial charge in [0.05, 0.1) is 6.61 Å². The zero-order chi connectivity index (χ0) is 29.1. The van der Waals surface area contributed by atoms with Gasteiger partial charge in [-0.05, 0) is 87.1 Å². The van der Waals surface area contributed by atoms with Crippen molar-refractivity contribution in [1.29, 1.82) is 0 Å². The van der Waals surface area contributed by atoms with E-state index in [-0.39, 0.29) is 12.2 Å². The Labute approximate surface area is 240 Å². The Bertz CT molecular complexity index is 1280. The minimum absolute atomic E-state index is 0.254. The van der Waals surface area contributed by atoms with Crippen LogP contribution in [0.4, 0.5) is 4.79 Å². The SMILES string of the molecule is C=CCc1ccc(OCC)c(-c2ccc(OC(CCN(C)C(=O)OC(C)(C)C)c3ccccc3)c(CC=C)c2)c1. The Balaban J connectivity index is 1.92. The van der Waals surface area contributed by atoms with Crippen LogP contribution in [0.3, 0.4) is 0 Å². The largest absolute Gasteiger partial charge is 0.493 e. The summed E-state index contributed by atoms with van der Waals surface area (Å²) in [5.41, 5.74) is 4.80. The fourth-order valence-corrected chi connectivity index (χ4v) is 4.41. The molecule has 0 aliphatic heterocycles. The third kappa shape index (κ3) is 8.77. The van der Waals surface area contributed by atoms with Gasteiger partial charge in [0.15, 0.2) is 0 Å². The van der Waals surface area contributed by atoms with E-state index in [0.29, 0.717) is 26.0 Å². The monoisotopic (exact) mass is 541 g/mol. The molecule has 40 heavy (non-hydrogen) atoms. The second-order valence-corrected chi connectivity index (χ2v) is 10.8. The highest BCUT2D eigenvalue weighted by molar-refractivity contribution is 5.73. The van der Waals surface area contributed by atoms with Gasteiger partial charge in [0.2, 0.25) is 0 Å². The van der Waals surface area contributed by atoms with Crippen LogP contribution in [-0.4, -0.2) is 36.8 Å². The third-order valence-corrected chi connectivity index (χ3v) is 6.33. The first-order valence-corrected chi connectivity index (χ1v) is 13.9. The third-order valence-electron chi connectivity index (χ3n) is 6.33. The highest BCUT2D eigenvalue weighted by Gasteiger charge is 2.22. The van der Waals surface area contributed by atoms with Crippen LogP contribution in [0.2, 0.25) is 0 Å². The van der Waals surface area contributed by atoms with Crippen molar-refractivity contribution >= 4 is 6.09 Å². The van der Waals surface area contributed by atoms with Crippen LogP contribution >= 0.6 is 0 Å². The van der Waals surface area contributed by atoms with Crippen LogP contribution in [0.25, 0.3) is 11.1 Å². The molecule has 0 fully saturated rings. The van der Waals surface area contributed by atoms with Crippen molar-refractivity contribution in [2.45, 2.75) is 58.7 Å². The van der Waals surface area contributed by atoms with Crippen LogP contribution in [-0.2, 0) is 17.6 Å². The molecule has 0 spiro atoms. The molecule has 3 aromatic rings. The Morgan fingerprint density at radius 3 is 2.30 bits per heavy atom. The number of ether oxygens (including phenoxy) is 3. The number of benzene rings is 3. The smallest absolute Gasteiger partial charge is 0.410 e. The van der Waals surface area contributed by atoms with Gasteiger partial charge in [0.1, 0.15) is 23.2 Å². The van der Waals surface area contributed by atoms with E-state index in [9.17, 15) is 4.79 Å². The fourth-order valence-electron chi connectivity index (χ4n) is 4.41. The first kappa shape index (κ1) is 30.6. The topological polar surface area (TPSA) is 48.0 Å². The van der Waals surface area contributed by atoms with Crippen LogP contribution in [0.15, 0.2) is 92.0 Å². The van der Waals surface area contributed by atoms with Crippen molar-refractivity contribution in [3.8, 4) is 22.6 Å². The summed E-state index contributed by atoms with van der Waals surface area (Å²) >= 11 is 0. The van der Waals surface area contributed by atoms with E-state index >= 15 is 0 Å². The fraction of sp³-hybridized carbons (Fsp3) is 0.343. The van der Waals surface area contributed by atoms with Crippen molar-refractivity contribution in [3.63, 3.8) is 0 Å². The number of allylic oxidation sites excluding steroid dienone is 2. The molecule has 212 valence electrons. The standard InChI is InChI=1S/C35H43NO4/c1-8-14-26-18-20-33(38-10-3)30(24-26)28-19-21-31(29(25-28)15-9-2)39-32(27-16-12-11-13-17-27)22-23-36(7)34(37)40-35(4,5)6/h8-9,11-13,16-21,24-25,32H,1-2,10,14-15,22-23H2,3-7H3. The van der Waals surface area contributed by atoms with Crippen molar-refractivity contribution in [1.82, 2.24) is 4.90 Å². The summed E-state index contributed by atoms with van der Waals surface area (Å²) < 4.78 is 18.2. The van der Waals surface area contributed by atoms with E-state index in [0.717, 1.165) is 40.2 Å². The Morgan fingerprint density at radius 1 is 0.950 bits per heavy atom. The van der Waals surface area contributed by atoms with Gasteiger partial charge in [0, 0.05) is 25.6 Å². The van der Waals surface area contributed by atoms with Gasteiger partial charge in [-0.3, -0.25) is 0 Å². The summed E-state index contributed by atoms with van der Waals surface area (Å²) in [6.45, 7) is 16.5. The number of amides is 1. The first-order chi connectivity index (χ1) is 19.1. The molecule has 0 N–H and O–H groups in total. The number of hydrogen-bond acceptors (Lipinski definition) is 4. The molecule has 0 aliphatic carbocycles. The van der Waals surface area contributed by atoms with E-state index < -0.39 is 5.60 Å². The summed E-state index contributed by atoms with van der Waals surface area (Å²) in [6.07, 6.45) is 5.24. The van der Waals surface area contributed by atoms with Gasteiger partial charge in [-0.2, -0.15) is 0 Å². The number of nitrogens with zero attached hydrogens (tertiary/aromatic N) is 1. The number of rotatable bonds is 13. The molecular weight excluding hydrogens is 498 g/mol. The number of hydrogen-bond donors (Lipinski definition) is 0. The number of carbonyl (C=O) groups is 1. The van der Waals surface area contributed by atoms with Gasteiger partial charge in [-0.25, -0.2) is 4.79 Å². The molecule has 0 heterocycles. The minimum Gasteiger partial charge on any atom is -0.493 e. The lowest BCUT2D eigenvalue weighted by Gasteiger charge is -2.27. The van der Waals surface area contributed by atoms with E-state index in [1.807, 2.05) is 70.2 Å². The Morgan fingerprint density at radius 2 is 1.65 bits per heavy atom. The van der Waals surface area contributed by atoms with Crippen LogP contribution in [0.1, 0.15) is 56.9 Å². The van der Waals surface area contributed by atoms with Crippen molar-refractivity contribution < 1.29 is 19.0 Å². The van der Waals surface area contributed by atoms with E-state index in [4.69, 9.17) is 14.2 Å². The van der Waals surface area contributed by atoms with Gasteiger partial charge in [-0.15, -0.1) is 13.2 Å². The number of carbonyl (C=O) groups excluding carboxylic acids is 1. The molecule has 0 radical (unpaired) electrons. The predicted molar refractivity (Wildman–Crippen MR) is 164 cm³/mol. The maximum atomic E-state index is 12.6. The lowest BCUT2D eigenvalue weighted by Crippen LogP contribution is -2.35. The molecule has 0 saturated carbocycles. The normalized spacial score (nSPS) is 11.8. The first-order valence-electron chi connectivity index (χ1n) is 13.9. The Kier molecular flexibility index (Phi) is 11.0. The highest BCUT2D eigenvalue weighted by Crippen LogP contribution is 2.36. The lowest BCUT2D eigenvalue weighted by atomic mass is 9.97. The summed E-state index contributed by atoms with van der Waals surface area (Å²) in [6, 6.07) is 22.6. The average Bonchev–Trinajstić information content (AvgIpc) is 2.92. The van der Waals surface area contributed by atoms with Crippen molar-refractivity contribution in [2.75, 3.05) is 20.2 Å². The second-order valence-electron chi connectivity index (χ2n) is 10.8. The molecular formula is C35H43NO4. The zero-order valence-corrected chi connectivity index (χ0v) is 24.6. The maximum absolute atomic E-state index is 12.6. The summed E-state index contributed by atoms with van der Waals surface area (Å²) in [5.74, 6) is 1.64. The van der Waals surface area contributed by atoms with E-state index in [2.05, 4.69) is 49.6 Å². The molecule has 0 bridgehead atoms. The Hall–Kier alpha value is -3.99. The van der Waals surface area contributed by atoms with Crippen molar-refractivity contribution in [2.24, 2.45) is 0 Å². The molecule has 1 atom stereocenters. The second kappa shape index (κ2) is 14.4. The molecule has 0 aliphatic rings. The van der Waals surface area contributed by atoms with E-state index in [1.165, 1.54) is 5.56 Å². The molecule has 3 aromatic carbocycles. The van der Waals surface area contributed by atoms with Crippen molar-refractivity contribution in [3.05, 3.63) is 109 Å². The van der Waals surface area contributed by atoms with Gasteiger partial charge < -0.3 is 19.1 Å². The quantitative estimate of drug-likeness (QED) is 0.203. The maximum Gasteiger partial charge on any atom is 0.410 e. The average molecular weight is 542 g/mol. The van der Waals surface area contributed by atoms with E-state index in [1.54, 1.807) is 11.9 Å². The predicted octanol–water partition coefficient (Wildman–Crippen LogP) is 8.59. The molecule has 5 heteroatoms. The minimum atomic E-state index is -0.546. The summed E-state index contributed by atoms with van der Waals surface area (Å²) in [7, 11) is 1.75. The van der Waals surface area contributed by atoms with Crippen LogP contribution in [0.5, 0.6) is 11.5 Å². The highest BCUT2D eigenvalue weighted by atomic mass is 16.6. The van der Waals surface area contributed by atoms with Gasteiger partial charge >= 0.3 is 6.09 Å². The molecule has 3 rings (SSSR count). The van der Waals surface area contributed by atoms with Gasteiger partial charge in [0.25, 0.3) is 0 Å². The molecule has 1 amide bonds. The molecule has 5 nitrogen and oxygen atoms in total. The summed E-state index contributed by atoms with van der Waals surface area (Å²) in [5, 5.41) is 0. The molecule has 0 saturated heterocycles. The van der Waals surface area contributed by atoms with Crippen LogP contribution < -0.4 is 9.47 Å². The molecule has 1 unspecified atom stereocenters. The van der Waals surface area contributed by atoms with Crippen LogP contribution in [0, 0.1) is 0 Å². The molecule has 0 aromatic heterocycles. The zero-order valence-electron chi connectivity index (χ0n) is 24.6. The van der Waals surface area contributed by atoms with Gasteiger partial charge in [-0.1, -0.05) is 54.6 Å². The summed E-state index contributed by atoms with van der Waals surface area (Å²) in [4.78, 5) is 14.2.